The minimum absolute atomic E-state index is 0.0694. The lowest BCUT2D eigenvalue weighted by Crippen LogP contribution is -2.18. The van der Waals surface area contributed by atoms with E-state index >= 15 is 0 Å². The molecule has 2 aromatic heterocycles. The molecule has 4 rings (SSSR count). The molecular formula is C23H20ClN5O3S. The largest absolute Gasteiger partial charge is 0.352 e. The Morgan fingerprint density at radius 2 is 1.76 bits per heavy atom. The van der Waals surface area contributed by atoms with Crippen LogP contribution in [0.1, 0.15) is 24.8 Å². The number of aromatic nitrogens is 3. The Bertz CT molecular complexity index is 1250. The third kappa shape index (κ3) is 6.24. The molecular weight excluding hydrogens is 462 g/mol. The van der Waals surface area contributed by atoms with Gasteiger partial charge >= 0.3 is 0 Å². The highest BCUT2D eigenvalue weighted by molar-refractivity contribution is 7.14. The summed E-state index contributed by atoms with van der Waals surface area (Å²) in [6, 6.07) is 14.9. The molecule has 2 aromatic carbocycles. The summed E-state index contributed by atoms with van der Waals surface area (Å²) in [5.41, 5.74) is 3.49. The lowest BCUT2D eigenvalue weighted by atomic mass is 10.1. The zero-order valence-electron chi connectivity index (χ0n) is 17.7. The molecule has 2 N–H and O–H groups in total. The Hall–Kier alpha value is -3.56. The first-order chi connectivity index (χ1) is 16.0. The van der Waals surface area contributed by atoms with Crippen molar-refractivity contribution in [2.45, 2.75) is 26.3 Å². The topological polar surface area (TPSA) is 110 Å². The Labute approximate surface area is 199 Å². The van der Waals surface area contributed by atoms with Gasteiger partial charge in [-0.05, 0) is 29.8 Å². The van der Waals surface area contributed by atoms with Gasteiger partial charge in [0.05, 0.1) is 5.69 Å². The van der Waals surface area contributed by atoms with Crippen molar-refractivity contribution < 1.29 is 14.1 Å². The molecule has 0 aliphatic carbocycles. The van der Waals surface area contributed by atoms with Crippen LogP contribution in [-0.2, 0) is 22.6 Å². The monoisotopic (exact) mass is 481 g/mol. The van der Waals surface area contributed by atoms with Crippen molar-refractivity contribution in [3.63, 3.8) is 0 Å². The molecule has 4 aromatic rings. The van der Waals surface area contributed by atoms with Crippen molar-refractivity contribution in [1.82, 2.24) is 20.4 Å². The second kappa shape index (κ2) is 10.4. The number of aryl methyl sites for hydroxylation is 1. The summed E-state index contributed by atoms with van der Waals surface area (Å²) < 4.78 is 5.24. The summed E-state index contributed by atoms with van der Waals surface area (Å²) in [7, 11) is 0. The van der Waals surface area contributed by atoms with Crippen LogP contribution < -0.4 is 10.6 Å². The summed E-state index contributed by atoms with van der Waals surface area (Å²) in [5.74, 6) is 0.580. The van der Waals surface area contributed by atoms with E-state index in [0.29, 0.717) is 34.8 Å². The molecule has 0 aliphatic heterocycles. The van der Waals surface area contributed by atoms with E-state index in [0.717, 1.165) is 22.4 Å². The Kier molecular flexibility index (Phi) is 7.11. The first-order valence-electron chi connectivity index (χ1n) is 10.1. The fraction of sp³-hybridized carbons (Fsp3) is 0.174. The molecule has 0 aliphatic rings. The van der Waals surface area contributed by atoms with Crippen LogP contribution >= 0.6 is 22.9 Å². The molecule has 8 nitrogen and oxygen atoms in total. The molecule has 0 radical (unpaired) electrons. The van der Waals surface area contributed by atoms with Crippen LogP contribution in [0, 0.1) is 0 Å². The van der Waals surface area contributed by atoms with E-state index in [2.05, 4.69) is 25.8 Å². The van der Waals surface area contributed by atoms with Crippen LogP contribution in [0.3, 0.4) is 0 Å². The van der Waals surface area contributed by atoms with E-state index in [4.69, 9.17) is 16.1 Å². The molecule has 2 heterocycles. The first kappa shape index (κ1) is 22.6. The molecule has 2 amide bonds. The van der Waals surface area contributed by atoms with Gasteiger partial charge in [-0.3, -0.25) is 9.59 Å². The number of nitrogens with one attached hydrogen (secondary N) is 2. The van der Waals surface area contributed by atoms with Crippen LogP contribution in [0.4, 0.5) is 5.13 Å². The van der Waals surface area contributed by atoms with Crippen LogP contribution in [0.5, 0.6) is 0 Å². The van der Waals surface area contributed by atoms with E-state index in [1.54, 1.807) is 24.3 Å². The molecule has 0 spiro atoms. The van der Waals surface area contributed by atoms with E-state index in [1.807, 2.05) is 29.6 Å². The molecule has 0 bridgehead atoms. The molecule has 33 heavy (non-hydrogen) atoms. The predicted octanol–water partition coefficient (Wildman–Crippen LogP) is 4.72. The second-order valence-electron chi connectivity index (χ2n) is 7.21. The molecule has 0 atom stereocenters. The van der Waals surface area contributed by atoms with E-state index in [9.17, 15) is 9.59 Å². The van der Waals surface area contributed by atoms with Crippen molar-refractivity contribution in [2.24, 2.45) is 0 Å². The maximum Gasteiger partial charge on any atom is 0.227 e. The Morgan fingerprint density at radius 3 is 2.48 bits per heavy atom. The maximum atomic E-state index is 12.3. The van der Waals surface area contributed by atoms with Gasteiger partial charge in [0.25, 0.3) is 0 Å². The highest BCUT2D eigenvalue weighted by Gasteiger charge is 2.13. The summed E-state index contributed by atoms with van der Waals surface area (Å²) in [6.07, 6.45) is 0.509. The number of hydrogen-bond acceptors (Lipinski definition) is 7. The van der Waals surface area contributed by atoms with Crippen LogP contribution in [0.15, 0.2) is 58.4 Å². The molecule has 0 unspecified atom stereocenters. The van der Waals surface area contributed by atoms with E-state index in [-0.39, 0.29) is 18.2 Å². The first-order valence-corrected chi connectivity index (χ1v) is 11.4. The van der Waals surface area contributed by atoms with Gasteiger partial charge in [-0.25, -0.2) is 4.98 Å². The minimum Gasteiger partial charge on any atom is -0.352 e. The summed E-state index contributed by atoms with van der Waals surface area (Å²) >= 11 is 7.25. The van der Waals surface area contributed by atoms with Gasteiger partial charge in [-0.1, -0.05) is 41.0 Å². The van der Waals surface area contributed by atoms with Crippen LogP contribution in [-0.4, -0.2) is 26.9 Å². The SMILES string of the molecule is CC(=O)NCc1ccc(-c2csc(NC(=O)CCc3nc(-c4ccc(Cl)cc4)no3)n2)cc1. The third-order valence-corrected chi connectivity index (χ3v) is 5.69. The van der Waals surface area contributed by atoms with Gasteiger partial charge in [-0.2, -0.15) is 4.98 Å². The number of anilines is 1. The molecule has 168 valence electrons. The summed E-state index contributed by atoms with van der Waals surface area (Å²) in [5, 5.41) is 12.5. The fourth-order valence-electron chi connectivity index (χ4n) is 2.96. The number of halogens is 1. The number of rotatable bonds is 8. The number of amides is 2. The fourth-order valence-corrected chi connectivity index (χ4v) is 3.82. The molecule has 10 heteroatoms. The lowest BCUT2D eigenvalue weighted by Gasteiger charge is -2.03. The highest BCUT2D eigenvalue weighted by Crippen LogP contribution is 2.25. The van der Waals surface area contributed by atoms with Crippen molar-refractivity contribution in [3.8, 4) is 22.6 Å². The zero-order valence-corrected chi connectivity index (χ0v) is 19.2. The Balaban J connectivity index is 1.29. The third-order valence-electron chi connectivity index (χ3n) is 4.68. The number of thiazole rings is 1. The molecule has 0 saturated heterocycles. The normalized spacial score (nSPS) is 10.7. The highest BCUT2D eigenvalue weighted by atomic mass is 35.5. The summed E-state index contributed by atoms with van der Waals surface area (Å²) in [4.78, 5) is 32.2. The van der Waals surface area contributed by atoms with Gasteiger partial charge in [0.1, 0.15) is 0 Å². The van der Waals surface area contributed by atoms with Crippen LogP contribution in [0.25, 0.3) is 22.6 Å². The van der Waals surface area contributed by atoms with Gasteiger partial charge in [0.2, 0.25) is 23.5 Å². The number of carbonyl (C=O) groups is 2. The molecule has 0 fully saturated rings. The quantitative estimate of drug-likeness (QED) is 0.376. The second-order valence-corrected chi connectivity index (χ2v) is 8.51. The minimum atomic E-state index is -0.187. The Morgan fingerprint density at radius 1 is 1.03 bits per heavy atom. The maximum absolute atomic E-state index is 12.3. The molecule has 0 saturated carbocycles. The number of carbonyl (C=O) groups excluding carboxylic acids is 2. The standard InChI is InChI=1S/C23H20ClN5O3S/c1-14(30)25-12-15-2-4-16(5-3-15)19-13-33-23(26-19)27-20(31)10-11-21-28-22(29-32-21)17-6-8-18(24)9-7-17/h2-9,13H,10-12H2,1H3,(H,25,30)(H,26,27,31). The van der Waals surface area contributed by atoms with Crippen LogP contribution in [0.2, 0.25) is 5.02 Å². The van der Waals surface area contributed by atoms with Gasteiger partial charge in [0.15, 0.2) is 5.13 Å². The number of nitrogens with zero attached hydrogens (tertiary/aromatic N) is 3. The van der Waals surface area contributed by atoms with Crippen molar-refractivity contribution >= 4 is 39.9 Å². The van der Waals surface area contributed by atoms with Crippen molar-refractivity contribution in [2.75, 3.05) is 5.32 Å². The van der Waals surface area contributed by atoms with E-state index < -0.39 is 0 Å². The smallest absolute Gasteiger partial charge is 0.227 e. The lowest BCUT2D eigenvalue weighted by molar-refractivity contribution is -0.119. The summed E-state index contributed by atoms with van der Waals surface area (Å²) in [6.45, 7) is 1.97. The van der Waals surface area contributed by atoms with Gasteiger partial charge in [0, 0.05) is 47.8 Å². The average Bonchev–Trinajstić information content (AvgIpc) is 3.47. The predicted molar refractivity (Wildman–Crippen MR) is 127 cm³/mol. The van der Waals surface area contributed by atoms with E-state index in [1.165, 1.54) is 18.3 Å². The zero-order chi connectivity index (χ0) is 23.2. The number of benzene rings is 2. The van der Waals surface area contributed by atoms with Crippen molar-refractivity contribution in [1.29, 1.82) is 0 Å². The van der Waals surface area contributed by atoms with Gasteiger partial charge in [-0.15, -0.1) is 11.3 Å². The average molecular weight is 482 g/mol. The van der Waals surface area contributed by atoms with Gasteiger partial charge < -0.3 is 15.2 Å². The number of hydrogen-bond donors (Lipinski definition) is 2. The van der Waals surface area contributed by atoms with Crippen molar-refractivity contribution in [3.05, 3.63) is 70.4 Å².